The molecule has 1 rings (SSSR count). The van der Waals surface area contributed by atoms with Gasteiger partial charge in [0, 0.05) is 6.54 Å². The average Bonchev–Trinajstić information content (AvgIpc) is 2.24. The van der Waals surface area contributed by atoms with Gasteiger partial charge in [0.05, 0.1) is 10.5 Å². The third-order valence-corrected chi connectivity index (χ3v) is 2.18. The molecule has 0 unspecified atom stereocenters. The van der Waals surface area contributed by atoms with Gasteiger partial charge in [-0.2, -0.15) is 0 Å². The monoisotopic (exact) mass is 273 g/mol. The van der Waals surface area contributed by atoms with Gasteiger partial charge in [0.25, 0.3) is 11.6 Å². The molecule has 0 aromatic carbocycles. The minimum atomic E-state index is -1.11. The molecule has 0 aliphatic carbocycles. The Morgan fingerprint density at radius 2 is 2.28 bits per heavy atom. The van der Waals surface area contributed by atoms with E-state index in [0.717, 1.165) is 12.3 Å². The van der Waals surface area contributed by atoms with Gasteiger partial charge in [0.1, 0.15) is 16.9 Å². The SMILES string of the molecule is CC(C)(O)CNC(=O)c1cc(Cl)ncc1[N+](=O)[O-]. The highest BCUT2D eigenvalue weighted by Crippen LogP contribution is 2.20. The van der Waals surface area contributed by atoms with Crippen molar-refractivity contribution in [2.24, 2.45) is 0 Å². The van der Waals surface area contributed by atoms with Crippen molar-refractivity contribution >= 4 is 23.2 Å². The van der Waals surface area contributed by atoms with Crippen LogP contribution in [-0.4, -0.2) is 33.1 Å². The van der Waals surface area contributed by atoms with E-state index in [1.54, 1.807) is 0 Å². The van der Waals surface area contributed by atoms with Crippen molar-refractivity contribution < 1.29 is 14.8 Å². The molecule has 0 atom stereocenters. The van der Waals surface area contributed by atoms with Gasteiger partial charge in [0.15, 0.2) is 0 Å². The first-order chi connectivity index (χ1) is 8.20. The Morgan fingerprint density at radius 1 is 1.67 bits per heavy atom. The largest absolute Gasteiger partial charge is 0.389 e. The Bertz CT molecular complexity index is 485. The summed E-state index contributed by atoms with van der Waals surface area (Å²) in [7, 11) is 0. The summed E-state index contributed by atoms with van der Waals surface area (Å²) >= 11 is 5.59. The maximum Gasteiger partial charge on any atom is 0.300 e. The van der Waals surface area contributed by atoms with Crippen LogP contribution in [0.1, 0.15) is 24.2 Å². The molecule has 0 spiro atoms. The molecular weight excluding hydrogens is 262 g/mol. The molecule has 0 fully saturated rings. The fraction of sp³-hybridized carbons (Fsp3) is 0.400. The summed E-state index contributed by atoms with van der Waals surface area (Å²) in [6, 6.07) is 1.11. The number of aliphatic hydroxyl groups is 1. The molecule has 2 N–H and O–H groups in total. The Labute approximate surface area is 108 Å². The molecule has 0 aliphatic rings. The van der Waals surface area contributed by atoms with Crippen LogP contribution >= 0.6 is 11.6 Å². The Morgan fingerprint density at radius 3 is 2.78 bits per heavy atom. The number of halogens is 1. The van der Waals surface area contributed by atoms with Gasteiger partial charge < -0.3 is 10.4 Å². The van der Waals surface area contributed by atoms with E-state index in [-0.39, 0.29) is 17.3 Å². The first-order valence-corrected chi connectivity index (χ1v) is 5.39. The van der Waals surface area contributed by atoms with Crippen LogP contribution in [0.15, 0.2) is 12.3 Å². The number of pyridine rings is 1. The molecular formula is C10H12ClN3O4. The summed E-state index contributed by atoms with van der Waals surface area (Å²) in [4.78, 5) is 25.3. The summed E-state index contributed by atoms with van der Waals surface area (Å²) in [6.45, 7) is 2.96. The molecule has 0 bridgehead atoms. The molecule has 8 heteroatoms. The molecule has 98 valence electrons. The minimum absolute atomic E-state index is 0.0194. The fourth-order valence-electron chi connectivity index (χ4n) is 1.14. The third kappa shape index (κ3) is 3.94. The first-order valence-electron chi connectivity index (χ1n) is 5.01. The van der Waals surface area contributed by atoms with Gasteiger partial charge in [-0.1, -0.05) is 11.6 Å². The molecule has 0 aliphatic heterocycles. The van der Waals surface area contributed by atoms with Crippen LogP contribution in [0.4, 0.5) is 5.69 Å². The number of aromatic nitrogens is 1. The number of amides is 1. The van der Waals surface area contributed by atoms with Gasteiger partial charge in [-0.15, -0.1) is 0 Å². The zero-order valence-corrected chi connectivity index (χ0v) is 10.6. The van der Waals surface area contributed by atoms with E-state index in [0.29, 0.717) is 0 Å². The summed E-state index contributed by atoms with van der Waals surface area (Å²) < 4.78 is 0. The lowest BCUT2D eigenvalue weighted by atomic mass is 10.1. The smallest absolute Gasteiger partial charge is 0.300 e. The van der Waals surface area contributed by atoms with E-state index >= 15 is 0 Å². The van der Waals surface area contributed by atoms with Crippen molar-refractivity contribution in [1.82, 2.24) is 10.3 Å². The second kappa shape index (κ2) is 5.28. The van der Waals surface area contributed by atoms with Crippen LogP contribution in [0.3, 0.4) is 0 Å². The van der Waals surface area contributed by atoms with Crippen LogP contribution in [0.25, 0.3) is 0 Å². The predicted molar refractivity (Wildman–Crippen MR) is 64.5 cm³/mol. The first kappa shape index (κ1) is 14.3. The number of nitrogens with zero attached hydrogens (tertiary/aromatic N) is 2. The number of hydrogen-bond donors (Lipinski definition) is 2. The van der Waals surface area contributed by atoms with Gasteiger partial charge in [-0.3, -0.25) is 14.9 Å². The second-order valence-corrected chi connectivity index (χ2v) is 4.66. The van der Waals surface area contributed by atoms with Crippen molar-refractivity contribution in [1.29, 1.82) is 0 Å². The average molecular weight is 274 g/mol. The molecule has 0 radical (unpaired) electrons. The molecule has 1 amide bonds. The lowest BCUT2D eigenvalue weighted by Crippen LogP contribution is -2.38. The summed E-state index contributed by atoms with van der Waals surface area (Å²) in [5.41, 5.74) is -1.74. The second-order valence-electron chi connectivity index (χ2n) is 4.28. The minimum Gasteiger partial charge on any atom is -0.389 e. The number of carbonyl (C=O) groups excluding carboxylic acids is 1. The van der Waals surface area contributed by atoms with Crippen LogP contribution in [0, 0.1) is 10.1 Å². The molecule has 1 heterocycles. The van der Waals surface area contributed by atoms with E-state index in [1.165, 1.54) is 13.8 Å². The quantitative estimate of drug-likeness (QED) is 0.486. The van der Waals surface area contributed by atoms with Gasteiger partial charge in [-0.25, -0.2) is 4.98 Å². The van der Waals surface area contributed by atoms with Crippen molar-refractivity contribution in [3.8, 4) is 0 Å². The van der Waals surface area contributed by atoms with E-state index < -0.39 is 22.1 Å². The predicted octanol–water partition coefficient (Wildman–Crippen LogP) is 1.14. The van der Waals surface area contributed by atoms with Gasteiger partial charge in [-0.05, 0) is 19.9 Å². The van der Waals surface area contributed by atoms with Crippen LogP contribution in [-0.2, 0) is 0 Å². The Hall–Kier alpha value is -1.73. The standard InChI is InChI=1S/C10H12ClN3O4/c1-10(2,16)5-13-9(15)6-3-8(11)12-4-7(6)14(17)18/h3-4,16H,5H2,1-2H3,(H,13,15). The van der Waals surface area contributed by atoms with Gasteiger partial charge in [0.2, 0.25) is 0 Å². The molecule has 0 saturated heterocycles. The van der Waals surface area contributed by atoms with E-state index in [9.17, 15) is 20.0 Å². The number of rotatable bonds is 4. The third-order valence-electron chi connectivity index (χ3n) is 1.97. The highest BCUT2D eigenvalue weighted by Gasteiger charge is 2.23. The van der Waals surface area contributed by atoms with Crippen LogP contribution in [0.2, 0.25) is 5.15 Å². The zero-order valence-electron chi connectivity index (χ0n) is 9.81. The number of carbonyl (C=O) groups is 1. The van der Waals surface area contributed by atoms with E-state index in [4.69, 9.17) is 11.6 Å². The lowest BCUT2D eigenvalue weighted by molar-refractivity contribution is -0.385. The van der Waals surface area contributed by atoms with Gasteiger partial charge >= 0.3 is 0 Å². The van der Waals surface area contributed by atoms with Crippen molar-refractivity contribution in [3.63, 3.8) is 0 Å². The molecule has 1 aromatic rings. The number of nitro groups is 1. The van der Waals surface area contributed by atoms with Crippen molar-refractivity contribution in [2.45, 2.75) is 19.4 Å². The van der Waals surface area contributed by atoms with E-state index in [1.807, 2.05) is 0 Å². The molecule has 0 saturated carbocycles. The summed E-state index contributed by atoms with van der Waals surface area (Å²) in [5, 5.41) is 22.6. The Kier molecular flexibility index (Phi) is 4.20. The van der Waals surface area contributed by atoms with Crippen molar-refractivity contribution in [2.75, 3.05) is 6.54 Å². The maximum atomic E-state index is 11.8. The maximum absolute atomic E-state index is 11.8. The summed E-state index contributed by atoms with van der Waals surface area (Å²) in [6.07, 6.45) is 0.918. The Balaban J connectivity index is 2.97. The fourth-order valence-corrected chi connectivity index (χ4v) is 1.30. The van der Waals surface area contributed by atoms with Crippen LogP contribution in [0.5, 0.6) is 0 Å². The van der Waals surface area contributed by atoms with Crippen molar-refractivity contribution in [3.05, 3.63) is 33.1 Å². The summed E-state index contributed by atoms with van der Waals surface area (Å²) in [5.74, 6) is -0.687. The van der Waals surface area contributed by atoms with E-state index in [2.05, 4.69) is 10.3 Å². The van der Waals surface area contributed by atoms with Crippen LogP contribution < -0.4 is 5.32 Å². The molecule has 1 aromatic heterocycles. The topological polar surface area (TPSA) is 105 Å². The number of hydrogen-bond acceptors (Lipinski definition) is 5. The molecule has 18 heavy (non-hydrogen) atoms. The number of nitrogens with one attached hydrogen (secondary N) is 1. The lowest BCUT2D eigenvalue weighted by Gasteiger charge is -2.17. The zero-order chi connectivity index (χ0) is 13.9. The molecule has 7 nitrogen and oxygen atoms in total. The normalized spacial score (nSPS) is 11.1. The highest BCUT2D eigenvalue weighted by molar-refractivity contribution is 6.29. The highest BCUT2D eigenvalue weighted by atomic mass is 35.5.